The van der Waals surface area contributed by atoms with Gasteiger partial charge in [-0.3, -0.25) is 9.48 Å². The smallest absolute Gasteiger partial charge is 0.189 e. The maximum absolute atomic E-state index is 12.5. The van der Waals surface area contributed by atoms with Crippen LogP contribution in [0.5, 0.6) is 11.5 Å². The molecule has 0 aliphatic heterocycles. The average molecular weight is 390 g/mol. The summed E-state index contributed by atoms with van der Waals surface area (Å²) in [4.78, 5) is 12.5. The molecule has 0 saturated carbocycles. The van der Waals surface area contributed by atoms with E-state index in [-0.39, 0.29) is 5.78 Å². The zero-order chi connectivity index (χ0) is 21.0. The Labute approximate surface area is 171 Å². The van der Waals surface area contributed by atoms with Crippen molar-refractivity contribution in [2.45, 2.75) is 27.4 Å². The molecule has 0 unspecified atom stereocenters. The molecule has 0 atom stereocenters. The monoisotopic (exact) mass is 390 g/mol. The van der Waals surface area contributed by atoms with Gasteiger partial charge in [-0.05, 0) is 55.7 Å². The molecule has 2 aromatic carbocycles. The summed E-state index contributed by atoms with van der Waals surface area (Å²) >= 11 is 0. The predicted octanol–water partition coefficient (Wildman–Crippen LogP) is 4.83. The van der Waals surface area contributed by atoms with Crippen molar-refractivity contribution in [3.8, 4) is 11.5 Å². The Morgan fingerprint density at radius 3 is 2.48 bits per heavy atom. The van der Waals surface area contributed by atoms with Crippen molar-refractivity contribution in [2.75, 3.05) is 7.11 Å². The molecule has 1 aromatic heterocycles. The van der Waals surface area contributed by atoms with E-state index in [0.717, 1.165) is 39.4 Å². The Balaban J connectivity index is 1.79. The van der Waals surface area contributed by atoms with Gasteiger partial charge >= 0.3 is 0 Å². The molecule has 0 aliphatic rings. The van der Waals surface area contributed by atoms with Gasteiger partial charge < -0.3 is 9.47 Å². The van der Waals surface area contributed by atoms with Gasteiger partial charge in [0.1, 0.15) is 18.1 Å². The van der Waals surface area contributed by atoms with Gasteiger partial charge in [-0.15, -0.1) is 0 Å². The standard InChI is InChI=1S/C24H26N2O3/c1-16-7-6-8-17(2)24(16)29-15-20-13-19(10-12-23(20)28-5)9-11-22(27)21-14-25-26(4)18(21)3/h6-14H,15H2,1-5H3/b11-9+. The van der Waals surface area contributed by atoms with Crippen molar-refractivity contribution in [3.05, 3.63) is 82.2 Å². The van der Waals surface area contributed by atoms with E-state index in [1.54, 1.807) is 30.1 Å². The number of aromatic nitrogens is 2. The number of ether oxygens (including phenoxy) is 2. The van der Waals surface area contributed by atoms with E-state index in [0.29, 0.717) is 12.2 Å². The summed E-state index contributed by atoms with van der Waals surface area (Å²) in [6.07, 6.45) is 4.97. The zero-order valence-electron chi connectivity index (χ0n) is 17.5. The normalized spacial score (nSPS) is 11.1. The summed E-state index contributed by atoms with van der Waals surface area (Å²) < 4.78 is 13.3. The number of nitrogens with zero attached hydrogens (tertiary/aromatic N) is 2. The molecule has 3 aromatic rings. The zero-order valence-corrected chi connectivity index (χ0v) is 17.5. The molecule has 0 spiro atoms. The summed E-state index contributed by atoms with van der Waals surface area (Å²) in [5.41, 5.74) is 5.46. The summed E-state index contributed by atoms with van der Waals surface area (Å²) in [7, 11) is 3.46. The Morgan fingerprint density at radius 2 is 1.86 bits per heavy atom. The number of ketones is 1. The number of hydrogen-bond donors (Lipinski definition) is 0. The van der Waals surface area contributed by atoms with Crippen LogP contribution in [0.1, 0.15) is 38.3 Å². The molecular weight excluding hydrogens is 364 g/mol. The van der Waals surface area contributed by atoms with Crippen LogP contribution < -0.4 is 9.47 Å². The molecule has 0 fully saturated rings. The van der Waals surface area contributed by atoms with Crippen molar-refractivity contribution in [1.82, 2.24) is 9.78 Å². The highest BCUT2D eigenvalue weighted by atomic mass is 16.5. The molecule has 29 heavy (non-hydrogen) atoms. The fraction of sp³-hybridized carbons (Fsp3) is 0.250. The largest absolute Gasteiger partial charge is 0.496 e. The van der Waals surface area contributed by atoms with Gasteiger partial charge in [-0.1, -0.05) is 30.3 Å². The third kappa shape index (κ3) is 4.57. The quantitative estimate of drug-likeness (QED) is 0.428. The van der Waals surface area contributed by atoms with Crippen molar-refractivity contribution in [3.63, 3.8) is 0 Å². The van der Waals surface area contributed by atoms with Gasteiger partial charge in [-0.25, -0.2) is 0 Å². The summed E-state index contributed by atoms with van der Waals surface area (Å²) in [6, 6.07) is 11.9. The average Bonchev–Trinajstić information content (AvgIpc) is 3.04. The highest BCUT2D eigenvalue weighted by Gasteiger charge is 2.11. The number of para-hydroxylation sites is 1. The van der Waals surface area contributed by atoms with Crippen LogP contribution in [0.15, 0.2) is 48.7 Å². The second kappa shape index (κ2) is 8.78. The Bertz CT molecular complexity index is 1040. The highest BCUT2D eigenvalue weighted by molar-refractivity contribution is 6.07. The van der Waals surface area contributed by atoms with Gasteiger partial charge in [0.2, 0.25) is 0 Å². The first kappa shape index (κ1) is 20.4. The predicted molar refractivity (Wildman–Crippen MR) is 115 cm³/mol. The Kier molecular flexibility index (Phi) is 6.17. The molecular formula is C24H26N2O3. The molecule has 0 saturated heterocycles. The number of aryl methyl sites for hydroxylation is 3. The van der Waals surface area contributed by atoms with Crippen molar-refractivity contribution in [2.24, 2.45) is 7.05 Å². The molecule has 0 amide bonds. The molecule has 0 N–H and O–H groups in total. The van der Waals surface area contributed by atoms with Crippen LogP contribution in [0.3, 0.4) is 0 Å². The van der Waals surface area contributed by atoms with E-state index in [1.807, 2.05) is 64.2 Å². The number of methoxy groups -OCH3 is 1. The number of hydrogen-bond acceptors (Lipinski definition) is 4. The first-order chi connectivity index (χ1) is 13.9. The molecule has 0 bridgehead atoms. The molecule has 0 radical (unpaired) electrons. The second-order valence-electron chi connectivity index (χ2n) is 7.05. The van der Waals surface area contributed by atoms with Crippen LogP contribution in [-0.4, -0.2) is 22.7 Å². The summed E-state index contributed by atoms with van der Waals surface area (Å²) in [5.74, 6) is 1.57. The van der Waals surface area contributed by atoms with Crippen LogP contribution in [-0.2, 0) is 13.7 Å². The lowest BCUT2D eigenvalue weighted by molar-refractivity contribution is 0.104. The first-order valence-corrected chi connectivity index (χ1v) is 9.47. The third-order valence-electron chi connectivity index (χ3n) is 5.01. The number of rotatable bonds is 7. The minimum absolute atomic E-state index is 0.0697. The first-order valence-electron chi connectivity index (χ1n) is 9.47. The fourth-order valence-corrected chi connectivity index (χ4v) is 3.19. The van der Waals surface area contributed by atoms with Crippen molar-refractivity contribution in [1.29, 1.82) is 0 Å². The van der Waals surface area contributed by atoms with Crippen LogP contribution >= 0.6 is 0 Å². The topological polar surface area (TPSA) is 53.3 Å². The van der Waals surface area contributed by atoms with Gasteiger partial charge in [0, 0.05) is 18.3 Å². The number of carbonyl (C=O) groups is 1. The van der Waals surface area contributed by atoms with E-state index in [2.05, 4.69) is 5.10 Å². The minimum atomic E-state index is -0.0697. The maximum atomic E-state index is 12.5. The number of allylic oxidation sites excluding steroid dienone is 1. The summed E-state index contributed by atoms with van der Waals surface area (Å²) in [6.45, 7) is 6.33. The van der Waals surface area contributed by atoms with E-state index in [4.69, 9.17) is 9.47 Å². The summed E-state index contributed by atoms with van der Waals surface area (Å²) in [5, 5.41) is 4.13. The van der Waals surface area contributed by atoms with E-state index in [9.17, 15) is 4.79 Å². The lowest BCUT2D eigenvalue weighted by atomic mass is 10.1. The van der Waals surface area contributed by atoms with Crippen LogP contribution in [0, 0.1) is 20.8 Å². The molecule has 5 heteroatoms. The van der Waals surface area contributed by atoms with Gasteiger partial charge in [0.15, 0.2) is 5.78 Å². The van der Waals surface area contributed by atoms with Crippen molar-refractivity contribution < 1.29 is 14.3 Å². The highest BCUT2D eigenvalue weighted by Crippen LogP contribution is 2.27. The number of benzene rings is 2. The third-order valence-corrected chi connectivity index (χ3v) is 5.01. The van der Waals surface area contributed by atoms with Gasteiger partial charge in [-0.2, -0.15) is 5.10 Å². The maximum Gasteiger partial charge on any atom is 0.189 e. The lowest BCUT2D eigenvalue weighted by Gasteiger charge is -2.14. The number of carbonyl (C=O) groups excluding carboxylic acids is 1. The Morgan fingerprint density at radius 1 is 1.14 bits per heavy atom. The lowest BCUT2D eigenvalue weighted by Crippen LogP contribution is -2.02. The molecule has 3 rings (SSSR count). The van der Waals surface area contributed by atoms with Crippen LogP contribution in [0.4, 0.5) is 0 Å². The van der Waals surface area contributed by atoms with Crippen LogP contribution in [0.25, 0.3) is 6.08 Å². The van der Waals surface area contributed by atoms with Gasteiger partial charge in [0.25, 0.3) is 0 Å². The Hall–Kier alpha value is -3.34. The SMILES string of the molecule is COc1ccc(/C=C/C(=O)c2cnn(C)c2C)cc1COc1c(C)cccc1C. The van der Waals surface area contributed by atoms with Crippen molar-refractivity contribution >= 4 is 11.9 Å². The van der Waals surface area contributed by atoms with E-state index >= 15 is 0 Å². The fourth-order valence-electron chi connectivity index (χ4n) is 3.19. The molecule has 5 nitrogen and oxygen atoms in total. The second-order valence-corrected chi connectivity index (χ2v) is 7.05. The molecule has 0 aliphatic carbocycles. The molecule has 1 heterocycles. The van der Waals surface area contributed by atoms with Crippen LogP contribution in [0.2, 0.25) is 0 Å². The minimum Gasteiger partial charge on any atom is -0.496 e. The molecule has 150 valence electrons. The van der Waals surface area contributed by atoms with Gasteiger partial charge in [0.05, 0.1) is 18.9 Å². The van der Waals surface area contributed by atoms with E-state index in [1.165, 1.54) is 0 Å². The van der Waals surface area contributed by atoms with E-state index < -0.39 is 0 Å².